The molecular formula is C23H24N6O2. The molecule has 1 aliphatic rings. The number of hydrogen-bond acceptors (Lipinski definition) is 5. The van der Waals surface area contributed by atoms with Crippen LogP contribution in [0.15, 0.2) is 35.4 Å². The van der Waals surface area contributed by atoms with Gasteiger partial charge in [0.1, 0.15) is 23.4 Å². The van der Waals surface area contributed by atoms with Crippen LogP contribution >= 0.6 is 0 Å². The molecule has 0 radical (unpaired) electrons. The first-order chi connectivity index (χ1) is 14.8. The predicted octanol–water partition coefficient (Wildman–Crippen LogP) is 2.94. The number of hydrogen-bond donors (Lipinski definition) is 1. The van der Waals surface area contributed by atoms with Crippen molar-refractivity contribution in [1.82, 2.24) is 24.3 Å². The average Bonchev–Trinajstić information content (AvgIpc) is 3.44. The maximum Gasteiger partial charge on any atom is 0.263 e. The number of nitrogens with zero attached hydrogens (tertiary/aromatic N) is 5. The van der Waals surface area contributed by atoms with E-state index in [-0.39, 0.29) is 17.2 Å². The number of amides is 1. The largest absolute Gasteiger partial charge is 0.314 e. The Labute approximate surface area is 180 Å². The Morgan fingerprint density at radius 3 is 2.77 bits per heavy atom. The van der Waals surface area contributed by atoms with Crippen LogP contribution in [0.4, 0.5) is 5.82 Å². The molecule has 1 fully saturated rings. The number of aromatic nitrogens is 5. The molecule has 1 N–H and O–H groups in total. The van der Waals surface area contributed by atoms with Crippen molar-refractivity contribution in [2.75, 3.05) is 5.32 Å². The minimum atomic E-state index is -0.523. The van der Waals surface area contributed by atoms with E-state index in [2.05, 4.69) is 32.3 Å². The van der Waals surface area contributed by atoms with Crippen LogP contribution in [-0.2, 0) is 7.05 Å². The van der Waals surface area contributed by atoms with E-state index in [1.54, 1.807) is 37.6 Å². The summed E-state index contributed by atoms with van der Waals surface area (Å²) in [5, 5.41) is 10.8. The summed E-state index contributed by atoms with van der Waals surface area (Å²) in [6.45, 7) is 5.88. The zero-order valence-corrected chi connectivity index (χ0v) is 18.0. The normalized spacial score (nSPS) is 13.1. The summed E-state index contributed by atoms with van der Waals surface area (Å²) < 4.78 is 3.36. The van der Waals surface area contributed by atoms with Gasteiger partial charge in [0, 0.05) is 30.3 Å². The van der Waals surface area contributed by atoms with E-state index in [0.717, 1.165) is 18.5 Å². The molecule has 1 saturated carbocycles. The molecule has 8 heteroatoms. The zero-order valence-electron chi connectivity index (χ0n) is 18.0. The van der Waals surface area contributed by atoms with Gasteiger partial charge in [-0.2, -0.15) is 0 Å². The molecule has 0 atom stereocenters. The lowest BCUT2D eigenvalue weighted by Gasteiger charge is -2.12. The van der Waals surface area contributed by atoms with Gasteiger partial charge in [-0.25, -0.2) is 4.98 Å². The van der Waals surface area contributed by atoms with Crippen LogP contribution in [0, 0.1) is 24.7 Å². The highest BCUT2D eigenvalue weighted by molar-refractivity contribution is 6.03. The van der Waals surface area contributed by atoms with Crippen molar-refractivity contribution in [3.8, 4) is 23.4 Å². The fraction of sp³-hybridized carbons (Fsp3) is 0.348. The Morgan fingerprint density at radius 2 is 2.06 bits per heavy atom. The second-order valence-corrected chi connectivity index (χ2v) is 7.98. The van der Waals surface area contributed by atoms with Crippen molar-refractivity contribution in [2.45, 2.75) is 39.7 Å². The van der Waals surface area contributed by atoms with Gasteiger partial charge in [-0.05, 0) is 51.8 Å². The number of carbonyl (C=O) groups is 1. The Morgan fingerprint density at radius 1 is 1.29 bits per heavy atom. The third kappa shape index (κ3) is 4.26. The number of rotatable bonds is 4. The van der Waals surface area contributed by atoms with E-state index in [4.69, 9.17) is 0 Å². The average molecular weight is 416 g/mol. The first-order valence-electron chi connectivity index (χ1n) is 10.3. The third-order valence-corrected chi connectivity index (χ3v) is 5.30. The molecule has 0 aliphatic heterocycles. The lowest BCUT2D eigenvalue weighted by Crippen LogP contribution is -2.29. The van der Waals surface area contributed by atoms with Gasteiger partial charge < -0.3 is 14.5 Å². The summed E-state index contributed by atoms with van der Waals surface area (Å²) in [5.41, 5.74) is 1.67. The van der Waals surface area contributed by atoms with E-state index in [1.165, 1.54) is 4.57 Å². The highest BCUT2D eigenvalue weighted by Gasteiger charge is 2.19. The van der Waals surface area contributed by atoms with Crippen LogP contribution in [0.5, 0.6) is 0 Å². The van der Waals surface area contributed by atoms with Crippen molar-refractivity contribution < 1.29 is 4.79 Å². The Balaban J connectivity index is 1.64. The van der Waals surface area contributed by atoms with E-state index in [1.807, 2.05) is 25.3 Å². The first-order valence-corrected chi connectivity index (χ1v) is 10.3. The molecular weight excluding hydrogens is 392 g/mol. The lowest BCUT2D eigenvalue weighted by molar-refractivity contribution is 0.102. The van der Waals surface area contributed by atoms with E-state index in [9.17, 15) is 9.59 Å². The van der Waals surface area contributed by atoms with Gasteiger partial charge >= 0.3 is 0 Å². The lowest BCUT2D eigenvalue weighted by atomic mass is 10.1. The Bertz CT molecular complexity index is 1270. The molecule has 4 rings (SSSR count). The van der Waals surface area contributed by atoms with Crippen molar-refractivity contribution in [3.63, 3.8) is 0 Å². The van der Waals surface area contributed by atoms with E-state index >= 15 is 0 Å². The summed E-state index contributed by atoms with van der Waals surface area (Å²) in [4.78, 5) is 30.1. The predicted molar refractivity (Wildman–Crippen MR) is 118 cm³/mol. The van der Waals surface area contributed by atoms with Gasteiger partial charge in [-0.3, -0.25) is 9.59 Å². The molecule has 8 nitrogen and oxygen atoms in total. The third-order valence-electron chi connectivity index (χ3n) is 5.30. The van der Waals surface area contributed by atoms with Gasteiger partial charge in [0.15, 0.2) is 5.82 Å². The van der Waals surface area contributed by atoms with Crippen LogP contribution in [0.2, 0.25) is 0 Å². The first kappa shape index (κ1) is 20.5. The van der Waals surface area contributed by atoms with Crippen LogP contribution in [0.3, 0.4) is 0 Å². The van der Waals surface area contributed by atoms with Gasteiger partial charge in [-0.15, -0.1) is 10.2 Å². The quantitative estimate of drug-likeness (QED) is 0.660. The highest BCUT2D eigenvalue weighted by Crippen LogP contribution is 2.27. The van der Waals surface area contributed by atoms with Gasteiger partial charge in [0.2, 0.25) is 0 Å². The van der Waals surface area contributed by atoms with Crippen molar-refractivity contribution in [1.29, 1.82) is 0 Å². The number of carbonyl (C=O) groups excluding carboxylic acids is 1. The summed E-state index contributed by atoms with van der Waals surface area (Å²) in [6, 6.07) is 6.98. The Kier molecular flexibility index (Phi) is 5.42. The highest BCUT2D eigenvalue weighted by atomic mass is 16.2. The summed E-state index contributed by atoms with van der Waals surface area (Å²) in [7, 11) is 1.65. The fourth-order valence-corrected chi connectivity index (χ4v) is 3.14. The van der Waals surface area contributed by atoms with Crippen LogP contribution in [0.1, 0.15) is 54.3 Å². The molecule has 158 valence electrons. The number of pyridine rings is 2. The number of anilines is 1. The molecule has 1 amide bonds. The maximum absolute atomic E-state index is 12.9. The van der Waals surface area contributed by atoms with Gasteiger partial charge in [0.25, 0.3) is 11.5 Å². The van der Waals surface area contributed by atoms with Gasteiger partial charge in [-0.1, -0.05) is 17.9 Å². The number of nitrogens with one attached hydrogen (secondary N) is 1. The van der Waals surface area contributed by atoms with E-state index in [0.29, 0.717) is 28.8 Å². The van der Waals surface area contributed by atoms with Crippen LogP contribution in [-0.4, -0.2) is 30.2 Å². The molecule has 0 aromatic carbocycles. The minimum Gasteiger partial charge on any atom is -0.314 e. The second kappa shape index (κ2) is 8.19. The molecule has 0 spiro atoms. The molecule has 0 saturated heterocycles. The monoisotopic (exact) mass is 416 g/mol. The SMILES string of the molecule is Cc1c(C#CC2CC2)cc(C(=O)Nc2cccc(-c3nncn3C(C)C)n2)c(=O)n1C. The topological polar surface area (TPSA) is 94.7 Å². The molecule has 0 unspecified atom stereocenters. The molecule has 3 heterocycles. The van der Waals surface area contributed by atoms with Crippen molar-refractivity contribution in [2.24, 2.45) is 13.0 Å². The fourth-order valence-electron chi connectivity index (χ4n) is 3.14. The zero-order chi connectivity index (χ0) is 22.1. The second-order valence-electron chi connectivity index (χ2n) is 7.98. The van der Waals surface area contributed by atoms with Gasteiger partial charge in [0.05, 0.1) is 0 Å². The smallest absolute Gasteiger partial charge is 0.263 e. The maximum atomic E-state index is 12.9. The molecule has 3 aromatic heterocycles. The Hall–Kier alpha value is -3.73. The summed E-state index contributed by atoms with van der Waals surface area (Å²) >= 11 is 0. The van der Waals surface area contributed by atoms with E-state index < -0.39 is 5.91 Å². The summed E-state index contributed by atoms with van der Waals surface area (Å²) in [5.74, 6) is 7.15. The molecule has 0 bridgehead atoms. The summed E-state index contributed by atoms with van der Waals surface area (Å²) in [6.07, 6.45) is 3.86. The molecule has 1 aliphatic carbocycles. The van der Waals surface area contributed by atoms with Crippen LogP contribution in [0.25, 0.3) is 11.5 Å². The van der Waals surface area contributed by atoms with Crippen molar-refractivity contribution in [3.05, 3.63) is 57.8 Å². The van der Waals surface area contributed by atoms with Crippen molar-refractivity contribution >= 4 is 11.7 Å². The van der Waals surface area contributed by atoms with Crippen LogP contribution < -0.4 is 10.9 Å². The molecule has 31 heavy (non-hydrogen) atoms. The minimum absolute atomic E-state index is 0.0331. The standard InChI is InChI=1S/C23H24N6O2/c1-14(2)29-13-24-27-21(29)19-6-5-7-20(25-19)26-22(30)18-12-17(11-10-16-8-9-16)15(3)28(4)23(18)31/h5-7,12-14,16H,8-9H2,1-4H3,(H,25,26,30). The molecule has 3 aromatic rings.